The van der Waals surface area contributed by atoms with Crippen LogP contribution in [0.5, 0.6) is 11.6 Å². The van der Waals surface area contributed by atoms with Gasteiger partial charge in [-0.05, 0) is 55.7 Å². The van der Waals surface area contributed by atoms with Crippen molar-refractivity contribution in [2.45, 2.75) is 32.5 Å². The lowest BCUT2D eigenvalue weighted by molar-refractivity contribution is -0.113. The summed E-state index contributed by atoms with van der Waals surface area (Å²) in [5.74, 6) is 1.88. The van der Waals surface area contributed by atoms with E-state index in [2.05, 4.69) is 32.6 Å². The lowest BCUT2D eigenvalue weighted by Crippen LogP contribution is -2.15. The maximum Gasteiger partial charge on any atom is 0.243 e. The first kappa shape index (κ1) is 22.5. The van der Waals surface area contributed by atoms with Gasteiger partial charge in [-0.25, -0.2) is 4.98 Å². The molecule has 0 aliphatic rings. The Morgan fingerprint density at radius 3 is 2.64 bits per heavy atom. The lowest BCUT2D eigenvalue weighted by Gasteiger charge is -2.13. The summed E-state index contributed by atoms with van der Waals surface area (Å²) >= 11 is 1.34. The van der Waals surface area contributed by atoms with Gasteiger partial charge in [0.05, 0.1) is 12.3 Å². The van der Waals surface area contributed by atoms with Gasteiger partial charge >= 0.3 is 0 Å². The average Bonchev–Trinajstić information content (AvgIpc) is 3.16. The smallest absolute Gasteiger partial charge is 0.243 e. The third-order valence-electron chi connectivity index (χ3n) is 5.22. The van der Waals surface area contributed by atoms with Crippen LogP contribution in [0.4, 0.5) is 5.69 Å². The van der Waals surface area contributed by atoms with Crippen molar-refractivity contribution in [2.75, 3.05) is 11.1 Å². The second kappa shape index (κ2) is 10.3. The van der Waals surface area contributed by atoms with Crippen LogP contribution < -0.4 is 10.1 Å². The number of ether oxygens (including phenoxy) is 1. The molecule has 0 bridgehead atoms. The van der Waals surface area contributed by atoms with E-state index in [-0.39, 0.29) is 11.7 Å². The molecule has 2 aromatic carbocycles. The molecule has 0 aliphatic carbocycles. The first-order chi connectivity index (χ1) is 16.0. The van der Waals surface area contributed by atoms with Crippen molar-refractivity contribution in [3.8, 4) is 11.6 Å². The fourth-order valence-electron chi connectivity index (χ4n) is 3.24. The number of aromatic nitrogens is 4. The van der Waals surface area contributed by atoms with Gasteiger partial charge in [-0.15, -0.1) is 10.2 Å². The summed E-state index contributed by atoms with van der Waals surface area (Å²) in [7, 11) is 0. The van der Waals surface area contributed by atoms with E-state index in [0.29, 0.717) is 29.0 Å². The minimum absolute atomic E-state index is 0.175. The van der Waals surface area contributed by atoms with Gasteiger partial charge in [0.2, 0.25) is 11.8 Å². The number of hydrogen-bond donors (Lipinski definition) is 1. The van der Waals surface area contributed by atoms with Crippen molar-refractivity contribution in [1.82, 2.24) is 19.7 Å². The summed E-state index contributed by atoms with van der Waals surface area (Å²) in [4.78, 5) is 17.0. The van der Waals surface area contributed by atoms with Crippen molar-refractivity contribution in [3.05, 3.63) is 89.4 Å². The van der Waals surface area contributed by atoms with Crippen molar-refractivity contribution in [2.24, 2.45) is 0 Å². The molecule has 0 radical (unpaired) electrons. The number of carbonyl (C=O) groups is 1. The van der Waals surface area contributed by atoms with E-state index in [0.717, 1.165) is 22.5 Å². The summed E-state index contributed by atoms with van der Waals surface area (Å²) < 4.78 is 8.02. The molecule has 8 heteroatoms. The van der Waals surface area contributed by atoms with Gasteiger partial charge in [-0.2, -0.15) is 0 Å². The van der Waals surface area contributed by atoms with Crippen LogP contribution in [-0.4, -0.2) is 31.4 Å². The fourth-order valence-corrected chi connectivity index (χ4v) is 4.02. The summed E-state index contributed by atoms with van der Waals surface area (Å²) in [5, 5.41) is 12.0. The van der Waals surface area contributed by atoms with Crippen molar-refractivity contribution < 1.29 is 9.53 Å². The van der Waals surface area contributed by atoms with Gasteiger partial charge in [-0.3, -0.25) is 4.79 Å². The highest BCUT2D eigenvalue weighted by Crippen LogP contribution is 2.30. The van der Waals surface area contributed by atoms with Crippen molar-refractivity contribution >= 4 is 23.4 Å². The Balaban J connectivity index is 1.42. The van der Waals surface area contributed by atoms with E-state index < -0.39 is 0 Å². The number of pyridine rings is 1. The molecule has 7 nitrogen and oxygen atoms in total. The standard InChI is InChI=1S/C25H25N5O2S/c1-17-9-7-13-22(18(17)2)32-24-21(12-8-14-26-24)27-23(31)16-33-25-29-28-19(3)30(25)15-20-10-5-4-6-11-20/h4-14H,15-16H2,1-3H3,(H,27,31). The molecular weight excluding hydrogens is 434 g/mol. The van der Waals surface area contributed by atoms with Crippen LogP contribution in [0.2, 0.25) is 0 Å². The molecule has 0 fully saturated rings. The monoisotopic (exact) mass is 459 g/mol. The molecule has 1 N–H and O–H groups in total. The number of anilines is 1. The highest BCUT2D eigenvalue weighted by molar-refractivity contribution is 7.99. The van der Waals surface area contributed by atoms with Gasteiger partial charge in [0.15, 0.2) is 5.16 Å². The molecule has 0 atom stereocenters. The maximum absolute atomic E-state index is 12.7. The van der Waals surface area contributed by atoms with Gasteiger partial charge in [0.25, 0.3) is 0 Å². The SMILES string of the molecule is Cc1cccc(Oc2ncccc2NC(=O)CSc2nnc(C)n2Cc2ccccc2)c1C. The van der Waals surface area contributed by atoms with Crippen LogP contribution in [0.25, 0.3) is 0 Å². The van der Waals surface area contributed by atoms with E-state index in [1.165, 1.54) is 11.8 Å². The molecule has 0 spiro atoms. The summed E-state index contributed by atoms with van der Waals surface area (Å²) in [6.45, 7) is 6.58. The van der Waals surface area contributed by atoms with Crippen LogP contribution in [0.15, 0.2) is 72.0 Å². The van der Waals surface area contributed by atoms with Crippen LogP contribution in [-0.2, 0) is 11.3 Å². The minimum atomic E-state index is -0.175. The molecule has 0 saturated carbocycles. The first-order valence-electron chi connectivity index (χ1n) is 10.6. The quantitative estimate of drug-likeness (QED) is 0.366. The average molecular weight is 460 g/mol. The Hall–Kier alpha value is -3.65. The van der Waals surface area contributed by atoms with Gasteiger partial charge in [0, 0.05) is 6.20 Å². The van der Waals surface area contributed by atoms with Crippen LogP contribution in [0.1, 0.15) is 22.5 Å². The Morgan fingerprint density at radius 2 is 1.82 bits per heavy atom. The molecule has 0 unspecified atom stereocenters. The molecule has 2 heterocycles. The highest BCUT2D eigenvalue weighted by atomic mass is 32.2. The van der Waals surface area contributed by atoms with Gasteiger partial charge < -0.3 is 14.6 Å². The van der Waals surface area contributed by atoms with Crippen molar-refractivity contribution in [3.63, 3.8) is 0 Å². The number of aryl methyl sites for hydroxylation is 2. The summed E-state index contributed by atoms with van der Waals surface area (Å²) in [5.41, 5.74) is 3.82. The number of carbonyl (C=O) groups excluding carboxylic acids is 1. The van der Waals surface area contributed by atoms with Gasteiger partial charge in [-0.1, -0.05) is 54.2 Å². The number of benzene rings is 2. The van der Waals surface area contributed by atoms with E-state index in [1.54, 1.807) is 18.3 Å². The van der Waals surface area contributed by atoms with E-state index in [1.807, 2.05) is 61.7 Å². The number of thioether (sulfide) groups is 1. The molecule has 4 rings (SSSR count). The zero-order valence-corrected chi connectivity index (χ0v) is 19.6. The number of nitrogens with zero attached hydrogens (tertiary/aromatic N) is 4. The van der Waals surface area contributed by atoms with E-state index in [4.69, 9.17) is 4.74 Å². The van der Waals surface area contributed by atoms with Crippen molar-refractivity contribution in [1.29, 1.82) is 0 Å². The maximum atomic E-state index is 12.7. The number of nitrogens with one attached hydrogen (secondary N) is 1. The topological polar surface area (TPSA) is 81.9 Å². The second-order valence-electron chi connectivity index (χ2n) is 7.59. The zero-order chi connectivity index (χ0) is 23.2. The second-order valence-corrected chi connectivity index (χ2v) is 8.54. The Morgan fingerprint density at radius 1 is 1.00 bits per heavy atom. The fraction of sp³-hybridized carbons (Fsp3) is 0.200. The lowest BCUT2D eigenvalue weighted by atomic mass is 10.1. The number of amides is 1. The molecule has 2 aromatic heterocycles. The highest BCUT2D eigenvalue weighted by Gasteiger charge is 2.15. The zero-order valence-electron chi connectivity index (χ0n) is 18.8. The number of hydrogen-bond acceptors (Lipinski definition) is 6. The molecule has 33 heavy (non-hydrogen) atoms. The Bertz CT molecular complexity index is 1260. The van der Waals surface area contributed by atoms with Crippen LogP contribution in [0, 0.1) is 20.8 Å². The third kappa shape index (κ3) is 5.59. The number of rotatable bonds is 8. The largest absolute Gasteiger partial charge is 0.437 e. The first-order valence-corrected chi connectivity index (χ1v) is 11.6. The van der Waals surface area contributed by atoms with Crippen LogP contribution >= 0.6 is 11.8 Å². The molecule has 168 valence electrons. The Labute approximate surface area is 197 Å². The summed E-state index contributed by atoms with van der Waals surface area (Å²) in [6, 6.07) is 19.5. The molecule has 4 aromatic rings. The van der Waals surface area contributed by atoms with Gasteiger partial charge in [0.1, 0.15) is 17.3 Å². The Kier molecular flexibility index (Phi) is 7.04. The van der Waals surface area contributed by atoms with Crippen LogP contribution in [0.3, 0.4) is 0 Å². The predicted octanol–water partition coefficient (Wildman–Crippen LogP) is 5.17. The van der Waals surface area contributed by atoms with E-state index >= 15 is 0 Å². The molecule has 0 aliphatic heterocycles. The van der Waals surface area contributed by atoms with E-state index in [9.17, 15) is 4.79 Å². The minimum Gasteiger partial charge on any atom is -0.437 e. The normalized spacial score (nSPS) is 10.8. The predicted molar refractivity (Wildman–Crippen MR) is 130 cm³/mol. The molecule has 1 amide bonds. The summed E-state index contributed by atoms with van der Waals surface area (Å²) in [6.07, 6.45) is 1.64. The molecular formula is C25H25N5O2S. The molecule has 0 saturated heterocycles. The third-order valence-corrected chi connectivity index (χ3v) is 6.19.